The molecule has 0 bridgehead atoms. The Bertz CT molecular complexity index is 625. The molecule has 0 spiro atoms. The van der Waals surface area contributed by atoms with Gasteiger partial charge >= 0.3 is 0 Å². The molecule has 0 aliphatic heterocycles. The minimum absolute atomic E-state index is 0.163. The van der Waals surface area contributed by atoms with E-state index in [9.17, 15) is 4.79 Å². The third kappa shape index (κ3) is 7.37. The minimum atomic E-state index is 0.163. The second-order valence-corrected chi connectivity index (χ2v) is 6.96. The first-order valence-corrected chi connectivity index (χ1v) is 10.6. The lowest BCUT2D eigenvalue weighted by Gasteiger charge is -2.19. The Kier molecular flexibility index (Phi) is 9.59. The van der Waals surface area contributed by atoms with Crippen molar-refractivity contribution >= 4 is 11.9 Å². The molecule has 0 aromatic carbocycles. The summed E-state index contributed by atoms with van der Waals surface area (Å²) in [6, 6.07) is 3.92. The third-order valence-electron chi connectivity index (χ3n) is 4.90. The number of rotatable bonds is 10. The highest BCUT2D eigenvalue weighted by Crippen LogP contribution is 2.23. The van der Waals surface area contributed by atoms with Crippen LogP contribution in [-0.4, -0.2) is 54.0 Å². The number of carbonyl (C=O) groups excluding carboxylic acids is 1. The number of nitrogens with one attached hydrogen (secondary N) is 2. The van der Waals surface area contributed by atoms with Crippen molar-refractivity contribution in [2.75, 3.05) is 26.2 Å². The summed E-state index contributed by atoms with van der Waals surface area (Å²) in [6.07, 6.45) is 7.24. The fraction of sp³-hybridized carbons (Fsp3) is 0.667. The minimum Gasteiger partial charge on any atom is -0.474 e. The lowest BCUT2D eigenvalue weighted by atomic mass is 10.2. The number of ether oxygens (including phenoxy) is 1. The summed E-state index contributed by atoms with van der Waals surface area (Å²) in [5, 5.41) is 6.47. The first-order valence-electron chi connectivity index (χ1n) is 10.6. The fourth-order valence-electron chi connectivity index (χ4n) is 3.32. The number of guanidine groups is 1. The Morgan fingerprint density at radius 2 is 2.00 bits per heavy atom. The Morgan fingerprint density at radius 1 is 1.25 bits per heavy atom. The standard InChI is InChI=1S/C21H35N5O2/c1-4-22-21(24-14-12-20(27)26(5-2)6-3)25-16-17-11-13-23-19(15-17)28-18-9-7-8-10-18/h11,13,15,18H,4-10,12,14,16H2,1-3H3,(H2,22,24,25). The van der Waals surface area contributed by atoms with E-state index in [1.54, 1.807) is 6.20 Å². The zero-order chi connectivity index (χ0) is 20.2. The molecule has 2 N–H and O–H groups in total. The van der Waals surface area contributed by atoms with Gasteiger partial charge in [-0.1, -0.05) is 0 Å². The van der Waals surface area contributed by atoms with E-state index in [1.165, 1.54) is 12.8 Å². The summed E-state index contributed by atoms with van der Waals surface area (Å²) in [7, 11) is 0. The van der Waals surface area contributed by atoms with Gasteiger partial charge in [0.15, 0.2) is 5.96 Å². The maximum Gasteiger partial charge on any atom is 0.224 e. The monoisotopic (exact) mass is 389 g/mol. The van der Waals surface area contributed by atoms with E-state index in [1.807, 2.05) is 37.8 Å². The van der Waals surface area contributed by atoms with Crippen molar-refractivity contribution in [2.45, 2.75) is 65.5 Å². The zero-order valence-electron chi connectivity index (χ0n) is 17.5. The van der Waals surface area contributed by atoms with Crippen LogP contribution < -0.4 is 15.4 Å². The van der Waals surface area contributed by atoms with Crippen molar-refractivity contribution in [3.05, 3.63) is 23.9 Å². The molecule has 0 saturated heterocycles. The average molecular weight is 390 g/mol. The van der Waals surface area contributed by atoms with Crippen LogP contribution in [0, 0.1) is 0 Å². The normalized spacial score (nSPS) is 14.8. The molecule has 1 aliphatic carbocycles. The molecule has 1 saturated carbocycles. The van der Waals surface area contributed by atoms with Gasteiger partial charge in [0.1, 0.15) is 6.10 Å². The molecule has 2 rings (SSSR count). The van der Waals surface area contributed by atoms with Gasteiger partial charge in [-0.05, 0) is 58.1 Å². The number of aliphatic imine (C=N–C) groups is 1. The third-order valence-corrected chi connectivity index (χ3v) is 4.90. The van der Waals surface area contributed by atoms with Crippen molar-refractivity contribution in [3.8, 4) is 5.88 Å². The van der Waals surface area contributed by atoms with Gasteiger partial charge in [-0.15, -0.1) is 0 Å². The number of nitrogens with zero attached hydrogens (tertiary/aromatic N) is 3. The number of pyridine rings is 1. The molecule has 1 aliphatic rings. The number of aromatic nitrogens is 1. The van der Waals surface area contributed by atoms with Crippen LogP contribution in [0.15, 0.2) is 23.3 Å². The SMILES string of the molecule is CCNC(=NCc1ccnc(OC2CCCC2)c1)NCCC(=O)N(CC)CC. The van der Waals surface area contributed by atoms with Crippen molar-refractivity contribution in [1.82, 2.24) is 20.5 Å². The van der Waals surface area contributed by atoms with Crippen LogP contribution in [-0.2, 0) is 11.3 Å². The average Bonchev–Trinajstić information content (AvgIpc) is 3.20. The zero-order valence-corrected chi connectivity index (χ0v) is 17.5. The first kappa shape index (κ1) is 22.0. The van der Waals surface area contributed by atoms with E-state index in [2.05, 4.69) is 20.6 Å². The Morgan fingerprint density at radius 3 is 2.68 bits per heavy atom. The van der Waals surface area contributed by atoms with Crippen molar-refractivity contribution in [2.24, 2.45) is 4.99 Å². The lowest BCUT2D eigenvalue weighted by molar-refractivity contribution is -0.130. The van der Waals surface area contributed by atoms with Crippen LogP contribution >= 0.6 is 0 Å². The molecule has 1 amide bonds. The summed E-state index contributed by atoms with van der Waals surface area (Å²) in [6.45, 7) is 9.38. The smallest absolute Gasteiger partial charge is 0.224 e. The lowest BCUT2D eigenvalue weighted by Crippen LogP contribution is -2.40. The van der Waals surface area contributed by atoms with E-state index in [4.69, 9.17) is 4.74 Å². The molecular weight excluding hydrogens is 354 g/mol. The van der Waals surface area contributed by atoms with Crippen LogP contribution in [0.3, 0.4) is 0 Å². The predicted octanol–water partition coefficient (Wildman–Crippen LogP) is 2.72. The molecule has 0 radical (unpaired) electrons. The Balaban J connectivity index is 1.86. The van der Waals surface area contributed by atoms with E-state index in [-0.39, 0.29) is 5.91 Å². The summed E-state index contributed by atoms with van der Waals surface area (Å²) in [4.78, 5) is 22.9. The van der Waals surface area contributed by atoms with Gasteiger partial charge in [-0.2, -0.15) is 0 Å². The molecule has 1 heterocycles. The van der Waals surface area contributed by atoms with Crippen molar-refractivity contribution in [3.63, 3.8) is 0 Å². The van der Waals surface area contributed by atoms with E-state index in [0.29, 0.717) is 37.5 Å². The summed E-state index contributed by atoms with van der Waals surface area (Å²) in [5.41, 5.74) is 1.06. The first-order chi connectivity index (χ1) is 13.7. The van der Waals surface area contributed by atoms with Crippen LogP contribution in [0.2, 0.25) is 0 Å². The van der Waals surface area contributed by atoms with Crippen LogP contribution in [0.5, 0.6) is 5.88 Å². The van der Waals surface area contributed by atoms with E-state index >= 15 is 0 Å². The molecule has 156 valence electrons. The second kappa shape index (κ2) is 12.2. The van der Waals surface area contributed by atoms with Crippen LogP contribution in [0.4, 0.5) is 0 Å². The maximum absolute atomic E-state index is 12.1. The highest BCUT2D eigenvalue weighted by atomic mass is 16.5. The van der Waals surface area contributed by atoms with Gasteiger partial charge in [0.25, 0.3) is 0 Å². The predicted molar refractivity (Wildman–Crippen MR) is 112 cm³/mol. The highest BCUT2D eigenvalue weighted by Gasteiger charge is 2.17. The summed E-state index contributed by atoms with van der Waals surface area (Å²) in [5.74, 6) is 1.56. The van der Waals surface area contributed by atoms with Crippen LogP contribution in [0.25, 0.3) is 0 Å². The Hall–Kier alpha value is -2.31. The molecule has 0 unspecified atom stereocenters. The number of amides is 1. The number of hydrogen-bond acceptors (Lipinski definition) is 4. The van der Waals surface area contributed by atoms with Gasteiger partial charge in [0.2, 0.25) is 11.8 Å². The Labute approximate surface area is 169 Å². The van der Waals surface area contributed by atoms with Gasteiger partial charge in [0.05, 0.1) is 6.54 Å². The largest absolute Gasteiger partial charge is 0.474 e. The maximum atomic E-state index is 12.1. The molecule has 1 fully saturated rings. The van der Waals surface area contributed by atoms with Gasteiger partial charge < -0.3 is 20.3 Å². The topological polar surface area (TPSA) is 78.9 Å². The molecule has 0 atom stereocenters. The quantitative estimate of drug-likeness (QED) is 0.475. The van der Waals surface area contributed by atoms with Crippen LogP contribution in [0.1, 0.15) is 58.4 Å². The van der Waals surface area contributed by atoms with Crippen molar-refractivity contribution < 1.29 is 9.53 Å². The molecule has 1 aromatic rings. The molecular formula is C21H35N5O2. The van der Waals surface area contributed by atoms with Gasteiger partial charge in [-0.25, -0.2) is 9.98 Å². The summed E-state index contributed by atoms with van der Waals surface area (Å²) < 4.78 is 5.97. The summed E-state index contributed by atoms with van der Waals surface area (Å²) >= 11 is 0. The molecule has 28 heavy (non-hydrogen) atoms. The number of carbonyl (C=O) groups is 1. The van der Waals surface area contributed by atoms with Gasteiger partial charge in [-0.3, -0.25) is 4.79 Å². The molecule has 7 nitrogen and oxygen atoms in total. The molecule has 1 aromatic heterocycles. The fourth-order valence-corrected chi connectivity index (χ4v) is 3.32. The van der Waals surface area contributed by atoms with Crippen molar-refractivity contribution in [1.29, 1.82) is 0 Å². The van der Waals surface area contributed by atoms with Gasteiger partial charge in [0, 0.05) is 44.9 Å². The highest BCUT2D eigenvalue weighted by molar-refractivity contribution is 5.81. The number of hydrogen-bond donors (Lipinski definition) is 2. The molecule has 7 heteroatoms. The van der Waals surface area contributed by atoms with E-state index in [0.717, 1.165) is 38.0 Å². The van der Waals surface area contributed by atoms with E-state index < -0.39 is 0 Å². The second-order valence-electron chi connectivity index (χ2n) is 6.96.